The first-order valence-corrected chi connectivity index (χ1v) is 9.13. The Kier molecular flexibility index (Phi) is 6.40. The molecule has 1 aromatic rings. The van der Waals surface area contributed by atoms with E-state index in [4.69, 9.17) is 4.74 Å². The fraction of sp³-hybridized carbons (Fsp3) is 0.524. The minimum absolute atomic E-state index is 0.220. The molecule has 0 unspecified atom stereocenters. The van der Waals surface area contributed by atoms with Crippen molar-refractivity contribution in [1.29, 1.82) is 0 Å². The van der Waals surface area contributed by atoms with Gasteiger partial charge in [0.25, 0.3) is 0 Å². The minimum atomic E-state index is -0.336. The summed E-state index contributed by atoms with van der Waals surface area (Å²) in [6.07, 6.45) is 5.31. The molecular weight excluding hydrogens is 314 g/mol. The van der Waals surface area contributed by atoms with Crippen LogP contribution < -0.4 is 5.32 Å². The number of allylic oxidation sites excluding steroid dienone is 1. The van der Waals surface area contributed by atoms with Gasteiger partial charge in [-0.1, -0.05) is 33.3 Å². The molecule has 0 aliphatic heterocycles. The molecule has 4 heteroatoms. The molecule has 0 bridgehead atoms. The predicted octanol–water partition coefficient (Wildman–Crippen LogP) is 4.96. The van der Waals surface area contributed by atoms with Crippen molar-refractivity contribution in [2.24, 2.45) is 11.3 Å². The number of anilines is 1. The topological polar surface area (TPSA) is 55.4 Å². The summed E-state index contributed by atoms with van der Waals surface area (Å²) >= 11 is 0. The number of benzene rings is 1. The summed E-state index contributed by atoms with van der Waals surface area (Å²) in [6.45, 7) is 8.90. The summed E-state index contributed by atoms with van der Waals surface area (Å²) in [7, 11) is 0. The third-order valence-corrected chi connectivity index (χ3v) is 5.35. The molecule has 0 amide bonds. The number of hydrogen-bond donors (Lipinski definition) is 1. The molecule has 25 heavy (non-hydrogen) atoms. The van der Waals surface area contributed by atoms with Gasteiger partial charge >= 0.3 is 5.97 Å². The molecule has 1 saturated carbocycles. The lowest BCUT2D eigenvalue weighted by molar-refractivity contribution is -0.117. The largest absolute Gasteiger partial charge is 0.462 e. The summed E-state index contributed by atoms with van der Waals surface area (Å²) in [5, 5.41) is 3.18. The van der Waals surface area contributed by atoms with Crippen LogP contribution in [0.15, 0.2) is 36.0 Å². The van der Waals surface area contributed by atoms with Gasteiger partial charge in [-0.15, -0.1) is 0 Å². The van der Waals surface area contributed by atoms with Crippen LogP contribution in [0, 0.1) is 11.3 Å². The molecule has 1 atom stereocenters. The van der Waals surface area contributed by atoms with Crippen molar-refractivity contribution in [3.63, 3.8) is 0 Å². The minimum Gasteiger partial charge on any atom is -0.462 e. The van der Waals surface area contributed by atoms with Crippen molar-refractivity contribution < 1.29 is 14.3 Å². The van der Waals surface area contributed by atoms with Crippen molar-refractivity contribution in [2.45, 2.75) is 53.4 Å². The van der Waals surface area contributed by atoms with E-state index in [1.54, 1.807) is 25.1 Å². The van der Waals surface area contributed by atoms with E-state index < -0.39 is 0 Å². The Morgan fingerprint density at radius 1 is 1.36 bits per heavy atom. The van der Waals surface area contributed by atoms with Gasteiger partial charge in [-0.3, -0.25) is 4.79 Å². The molecule has 0 heterocycles. The third-order valence-electron chi connectivity index (χ3n) is 5.35. The highest BCUT2D eigenvalue weighted by Gasteiger charge is 2.33. The summed E-state index contributed by atoms with van der Waals surface area (Å²) in [4.78, 5) is 24.1. The normalized spacial score (nSPS) is 19.8. The summed E-state index contributed by atoms with van der Waals surface area (Å²) in [6, 6.07) is 7.15. The summed E-state index contributed by atoms with van der Waals surface area (Å²) < 4.78 is 5.02. The number of carbonyl (C=O) groups is 2. The van der Waals surface area contributed by atoms with E-state index in [1.807, 2.05) is 12.3 Å². The van der Waals surface area contributed by atoms with Crippen molar-refractivity contribution >= 4 is 17.4 Å². The predicted molar refractivity (Wildman–Crippen MR) is 101 cm³/mol. The number of nitrogens with one attached hydrogen (secondary N) is 1. The van der Waals surface area contributed by atoms with Crippen LogP contribution in [0.5, 0.6) is 0 Å². The average Bonchev–Trinajstić information content (AvgIpc) is 2.61. The molecule has 4 nitrogen and oxygen atoms in total. The Hall–Kier alpha value is -2.10. The van der Waals surface area contributed by atoms with E-state index in [0.29, 0.717) is 24.5 Å². The maximum atomic E-state index is 12.3. The first-order valence-electron chi connectivity index (χ1n) is 9.13. The number of esters is 1. The van der Waals surface area contributed by atoms with Gasteiger partial charge in [0.2, 0.25) is 0 Å². The average molecular weight is 343 g/mol. The Morgan fingerprint density at radius 3 is 2.80 bits per heavy atom. The van der Waals surface area contributed by atoms with Crippen LogP contribution in [0.2, 0.25) is 0 Å². The smallest absolute Gasteiger partial charge is 0.338 e. The van der Waals surface area contributed by atoms with Crippen LogP contribution in [0.3, 0.4) is 0 Å². The zero-order valence-corrected chi connectivity index (χ0v) is 15.7. The van der Waals surface area contributed by atoms with Crippen LogP contribution in [-0.2, 0) is 9.53 Å². The van der Waals surface area contributed by atoms with Gasteiger partial charge in [-0.2, -0.15) is 0 Å². The summed E-state index contributed by atoms with van der Waals surface area (Å²) in [5.74, 6) is 0.406. The van der Waals surface area contributed by atoms with Gasteiger partial charge in [0.05, 0.1) is 12.2 Å². The number of Topliss-reactive ketones (excluding diaryl/α,β-unsaturated/α-hetero) is 1. The lowest BCUT2D eigenvalue weighted by Crippen LogP contribution is -2.29. The Bertz CT molecular complexity index is 661. The zero-order valence-electron chi connectivity index (χ0n) is 15.7. The highest BCUT2D eigenvalue weighted by Crippen LogP contribution is 2.41. The second-order valence-corrected chi connectivity index (χ2v) is 7.32. The Labute approximate surface area is 150 Å². The first kappa shape index (κ1) is 19.2. The maximum absolute atomic E-state index is 12.3. The van der Waals surface area contributed by atoms with Crippen molar-refractivity contribution in [1.82, 2.24) is 0 Å². The van der Waals surface area contributed by atoms with Gasteiger partial charge in [0.15, 0.2) is 5.78 Å². The van der Waals surface area contributed by atoms with Crippen LogP contribution in [0.25, 0.3) is 0 Å². The van der Waals surface area contributed by atoms with Crippen LogP contribution in [0.1, 0.15) is 63.7 Å². The van der Waals surface area contributed by atoms with Crippen molar-refractivity contribution in [2.75, 3.05) is 11.9 Å². The number of ketones is 1. The van der Waals surface area contributed by atoms with E-state index in [1.165, 1.54) is 0 Å². The molecule has 1 N–H and O–H groups in total. The lowest BCUT2D eigenvalue weighted by atomic mass is 9.68. The van der Waals surface area contributed by atoms with E-state index in [0.717, 1.165) is 30.5 Å². The van der Waals surface area contributed by atoms with Crippen molar-refractivity contribution in [3.8, 4) is 0 Å². The highest BCUT2D eigenvalue weighted by molar-refractivity contribution is 5.96. The molecule has 1 fully saturated rings. The molecule has 1 aliphatic rings. The zero-order chi connectivity index (χ0) is 18.4. The van der Waals surface area contributed by atoms with Crippen molar-refractivity contribution in [3.05, 3.63) is 41.6 Å². The second-order valence-electron chi connectivity index (χ2n) is 7.32. The standard InChI is InChI=1S/C21H29NO3/c1-5-21(3,4)17-10-11-19(23)16(12-17)14-22-18-9-7-8-15(13-18)20(24)25-6-2/h7-9,13-14,17,22H,5-6,10-12H2,1-4H3/b16-14+/t17-/m1/s1. The molecule has 1 aliphatic carbocycles. The number of carbonyl (C=O) groups excluding carboxylic acids is 2. The van der Waals surface area contributed by atoms with Gasteiger partial charge in [0.1, 0.15) is 0 Å². The van der Waals surface area contributed by atoms with Gasteiger partial charge in [-0.05, 0) is 49.3 Å². The molecule has 1 aromatic carbocycles. The molecule has 0 spiro atoms. The summed E-state index contributed by atoms with van der Waals surface area (Å²) in [5.41, 5.74) is 2.37. The van der Waals surface area contributed by atoms with Crippen LogP contribution in [-0.4, -0.2) is 18.4 Å². The number of hydrogen-bond acceptors (Lipinski definition) is 4. The molecular formula is C21H29NO3. The fourth-order valence-corrected chi connectivity index (χ4v) is 3.16. The number of rotatable bonds is 6. The molecule has 0 radical (unpaired) electrons. The first-order chi connectivity index (χ1) is 11.9. The molecule has 136 valence electrons. The Morgan fingerprint density at radius 2 is 2.12 bits per heavy atom. The Balaban J connectivity index is 2.10. The molecule has 0 saturated heterocycles. The second kappa shape index (κ2) is 8.32. The molecule has 0 aromatic heterocycles. The van der Waals surface area contributed by atoms with Gasteiger partial charge in [0, 0.05) is 23.9 Å². The quantitative estimate of drug-likeness (QED) is 0.585. The monoisotopic (exact) mass is 343 g/mol. The van der Waals surface area contributed by atoms with Gasteiger partial charge in [-0.25, -0.2) is 4.79 Å². The SMILES string of the molecule is CCOC(=O)c1cccc(N/C=C2\C[C@H](C(C)(C)CC)CCC2=O)c1. The molecule has 2 rings (SSSR count). The fourth-order valence-electron chi connectivity index (χ4n) is 3.16. The number of ether oxygens (including phenoxy) is 1. The van der Waals surface area contributed by atoms with E-state index in [-0.39, 0.29) is 17.2 Å². The van der Waals surface area contributed by atoms with Crippen LogP contribution >= 0.6 is 0 Å². The maximum Gasteiger partial charge on any atom is 0.338 e. The highest BCUT2D eigenvalue weighted by atomic mass is 16.5. The van der Waals surface area contributed by atoms with E-state index in [9.17, 15) is 9.59 Å². The van der Waals surface area contributed by atoms with Gasteiger partial charge < -0.3 is 10.1 Å². The van der Waals surface area contributed by atoms with E-state index in [2.05, 4.69) is 26.1 Å². The van der Waals surface area contributed by atoms with E-state index >= 15 is 0 Å². The van der Waals surface area contributed by atoms with Crippen LogP contribution in [0.4, 0.5) is 5.69 Å². The lowest BCUT2D eigenvalue weighted by Gasteiger charge is -2.36. The third kappa shape index (κ3) is 4.94.